The van der Waals surface area contributed by atoms with Gasteiger partial charge >= 0.3 is 0 Å². The first-order valence-electron chi connectivity index (χ1n) is 7.02. The van der Waals surface area contributed by atoms with E-state index in [4.69, 9.17) is 11.6 Å². The lowest BCUT2D eigenvalue weighted by Gasteiger charge is -2.17. The minimum atomic E-state index is -0.248. The van der Waals surface area contributed by atoms with Gasteiger partial charge in [-0.1, -0.05) is 17.7 Å². The molecule has 0 aliphatic carbocycles. The molecule has 1 aromatic carbocycles. The summed E-state index contributed by atoms with van der Waals surface area (Å²) in [4.78, 5) is 0. The average Bonchev–Trinajstić information content (AvgIpc) is 2.67. The van der Waals surface area contributed by atoms with Gasteiger partial charge in [-0.3, -0.25) is 4.68 Å². The molecule has 5 heteroatoms. The van der Waals surface area contributed by atoms with Gasteiger partial charge in [0.1, 0.15) is 5.82 Å². The van der Waals surface area contributed by atoms with E-state index in [1.807, 2.05) is 25.7 Å². The van der Waals surface area contributed by atoms with Crippen molar-refractivity contribution in [3.63, 3.8) is 0 Å². The molecule has 3 nitrogen and oxygen atoms in total. The largest absolute Gasteiger partial charge is 0.316 e. The molecular weight excluding hydrogens is 289 g/mol. The summed E-state index contributed by atoms with van der Waals surface area (Å²) in [5.74, 6) is -0.248. The molecule has 0 fully saturated rings. The second-order valence-electron chi connectivity index (χ2n) is 5.40. The van der Waals surface area contributed by atoms with E-state index in [0.717, 1.165) is 17.8 Å². The number of likely N-dealkylation sites (N-methyl/N-ethyl adjacent to an activating group) is 1. The van der Waals surface area contributed by atoms with Crippen molar-refractivity contribution in [2.75, 3.05) is 7.05 Å². The van der Waals surface area contributed by atoms with Crippen LogP contribution in [0.3, 0.4) is 0 Å². The fourth-order valence-corrected chi connectivity index (χ4v) is 2.75. The minimum absolute atomic E-state index is 0.155. The molecule has 0 saturated carbocycles. The lowest BCUT2D eigenvalue weighted by molar-refractivity contribution is 0.530. The first-order valence-corrected chi connectivity index (χ1v) is 7.40. The Labute approximate surface area is 130 Å². The fraction of sp³-hybridized carbons (Fsp3) is 0.438. The Balaban J connectivity index is 2.17. The van der Waals surface area contributed by atoms with Crippen LogP contribution in [0.15, 0.2) is 18.2 Å². The minimum Gasteiger partial charge on any atom is -0.316 e. The Morgan fingerprint density at radius 1 is 1.33 bits per heavy atom. The Kier molecular flexibility index (Phi) is 5.01. The molecule has 1 heterocycles. The van der Waals surface area contributed by atoms with Crippen molar-refractivity contribution in [1.82, 2.24) is 15.1 Å². The second-order valence-corrected chi connectivity index (χ2v) is 5.84. The molecule has 2 aromatic rings. The van der Waals surface area contributed by atoms with Crippen LogP contribution in [-0.4, -0.2) is 22.9 Å². The van der Waals surface area contributed by atoms with E-state index in [0.29, 0.717) is 17.0 Å². The first-order chi connectivity index (χ1) is 9.92. The molecule has 0 spiro atoms. The molecule has 1 N–H and O–H groups in total. The third kappa shape index (κ3) is 3.63. The second kappa shape index (κ2) is 6.58. The zero-order valence-electron chi connectivity index (χ0n) is 12.9. The molecule has 0 aliphatic heterocycles. The van der Waals surface area contributed by atoms with Crippen LogP contribution in [0.5, 0.6) is 0 Å². The number of benzene rings is 1. The molecule has 2 rings (SSSR count). The molecule has 21 heavy (non-hydrogen) atoms. The Bertz CT molecular complexity index is 637. The number of aryl methyl sites for hydroxylation is 2. The average molecular weight is 310 g/mol. The number of hydrogen-bond acceptors (Lipinski definition) is 2. The van der Waals surface area contributed by atoms with Gasteiger partial charge in [0.15, 0.2) is 0 Å². The smallest absolute Gasteiger partial charge is 0.127 e. The normalized spacial score (nSPS) is 12.7. The van der Waals surface area contributed by atoms with Crippen LogP contribution < -0.4 is 5.32 Å². The summed E-state index contributed by atoms with van der Waals surface area (Å²) in [6, 6.07) is 5.00. The Morgan fingerprint density at radius 3 is 2.57 bits per heavy atom. The summed E-state index contributed by atoms with van der Waals surface area (Å²) in [5.41, 5.74) is 4.10. The topological polar surface area (TPSA) is 29.9 Å². The number of aromatic nitrogens is 2. The van der Waals surface area contributed by atoms with Crippen molar-refractivity contribution in [3.05, 3.63) is 51.6 Å². The molecule has 0 saturated heterocycles. The standard InChI is InChI=1S/C16H21ClFN3/c1-10-15(11(2)21(4)20-10)9-14(19-3)7-12-5-6-13(17)8-16(12)18/h5-6,8,14,19H,7,9H2,1-4H3. The van der Waals surface area contributed by atoms with Crippen LogP contribution in [0.25, 0.3) is 0 Å². The third-order valence-corrected chi connectivity index (χ3v) is 4.23. The van der Waals surface area contributed by atoms with Crippen LogP contribution in [-0.2, 0) is 19.9 Å². The van der Waals surface area contributed by atoms with Crippen molar-refractivity contribution >= 4 is 11.6 Å². The number of nitrogens with zero attached hydrogens (tertiary/aromatic N) is 2. The van der Waals surface area contributed by atoms with E-state index in [-0.39, 0.29) is 11.9 Å². The van der Waals surface area contributed by atoms with Gasteiger partial charge in [-0.05, 0) is 57.0 Å². The van der Waals surface area contributed by atoms with Gasteiger partial charge in [0.25, 0.3) is 0 Å². The van der Waals surface area contributed by atoms with Crippen LogP contribution in [0.1, 0.15) is 22.5 Å². The lowest BCUT2D eigenvalue weighted by atomic mass is 9.97. The van der Waals surface area contributed by atoms with Crippen molar-refractivity contribution in [2.45, 2.75) is 32.7 Å². The lowest BCUT2D eigenvalue weighted by Crippen LogP contribution is -2.30. The molecule has 1 unspecified atom stereocenters. The highest BCUT2D eigenvalue weighted by molar-refractivity contribution is 6.30. The van der Waals surface area contributed by atoms with Gasteiger partial charge in [-0.25, -0.2) is 4.39 Å². The summed E-state index contributed by atoms with van der Waals surface area (Å²) in [6.07, 6.45) is 1.44. The van der Waals surface area contributed by atoms with Gasteiger partial charge in [0, 0.05) is 23.8 Å². The van der Waals surface area contributed by atoms with Crippen molar-refractivity contribution in [1.29, 1.82) is 0 Å². The highest BCUT2D eigenvalue weighted by Crippen LogP contribution is 2.19. The summed E-state index contributed by atoms with van der Waals surface area (Å²) in [5, 5.41) is 8.13. The summed E-state index contributed by atoms with van der Waals surface area (Å²) in [7, 11) is 3.85. The highest BCUT2D eigenvalue weighted by Gasteiger charge is 2.16. The SMILES string of the molecule is CNC(Cc1ccc(Cl)cc1F)Cc1c(C)nn(C)c1C. The van der Waals surface area contributed by atoms with Crippen LogP contribution in [0.2, 0.25) is 5.02 Å². The van der Waals surface area contributed by atoms with E-state index >= 15 is 0 Å². The first kappa shape index (κ1) is 16.0. The maximum Gasteiger partial charge on any atom is 0.127 e. The zero-order valence-corrected chi connectivity index (χ0v) is 13.6. The van der Waals surface area contributed by atoms with Crippen molar-refractivity contribution in [2.24, 2.45) is 7.05 Å². The number of rotatable bonds is 5. The molecule has 0 aliphatic rings. The molecule has 0 bridgehead atoms. The molecule has 0 amide bonds. The molecule has 1 atom stereocenters. The van der Waals surface area contributed by atoms with Crippen LogP contribution in [0, 0.1) is 19.7 Å². The Hall–Kier alpha value is -1.39. The number of halogens is 2. The van der Waals surface area contributed by atoms with Gasteiger partial charge in [-0.2, -0.15) is 5.10 Å². The van der Waals surface area contributed by atoms with Gasteiger partial charge < -0.3 is 5.32 Å². The van der Waals surface area contributed by atoms with E-state index in [1.54, 1.807) is 12.1 Å². The molecule has 1 aromatic heterocycles. The monoisotopic (exact) mass is 309 g/mol. The Morgan fingerprint density at radius 2 is 2.05 bits per heavy atom. The van der Waals surface area contributed by atoms with Crippen molar-refractivity contribution in [3.8, 4) is 0 Å². The predicted molar refractivity (Wildman–Crippen MR) is 84.3 cm³/mol. The van der Waals surface area contributed by atoms with Crippen LogP contribution in [0.4, 0.5) is 4.39 Å². The van der Waals surface area contributed by atoms with Crippen LogP contribution >= 0.6 is 11.6 Å². The molecule has 0 radical (unpaired) electrons. The number of nitrogens with one attached hydrogen (secondary N) is 1. The van der Waals surface area contributed by atoms with Gasteiger partial charge in [0.2, 0.25) is 0 Å². The summed E-state index contributed by atoms with van der Waals surface area (Å²) in [6.45, 7) is 4.07. The van der Waals surface area contributed by atoms with Gasteiger partial charge in [-0.15, -0.1) is 0 Å². The quantitative estimate of drug-likeness (QED) is 0.919. The molecule has 114 valence electrons. The van der Waals surface area contributed by atoms with E-state index in [1.165, 1.54) is 11.6 Å². The molecular formula is C16H21ClFN3. The maximum absolute atomic E-state index is 13.9. The van der Waals surface area contributed by atoms with Crippen molar-refractivity contribution < 1.29 is 4.39 Å². The van der Waals surface area contributed by atoms with Gasteiger partial charge in [0.05, 0.1) is 5.69 Å². The predicted octanol–water partition coefficient (Wildman–Crippen LogP) is 3.20. The van der Waals surface area contributed by atoms with E-state index in [2.05, 4.69) is 17.3 Å². The summed E-state index contributed by atoms with van der Waals surface area (Å²) >= 11 is 5.79. The zero-order chi connectivity index (χ0) is 15.6. The van der Waals surface area contributed by atoms with E-state index in [9.17, 15) is 4.39 Å². The number of hydrogen-bond donors (Lipinski definition) is 1. The highest BCUT2D eigenvalue weighted by atomic mass is 35.5. The van der Waals surface area contributed by atoms with E-state index < -0.39 is 0 Å². The third-order valence-electron chi connectivity index (χ3n) is 4.00. The summed E-state index contributed by atoms with van der Waals surface area (Å²) < 4.78 is 15.8. The maximum atomic E-state index is 13.9. The fourth-order valence-electron chi connectivity index (χ4n) is 2.59.